The standard InChI is InChI=1S/C14H23N3O/c1-12(2)16-6-8-17(9-7-16)14-5-3-4-13(10-14)11-18-15/h3-5,10,12H,6-9,11,15H2,1-2H3. The van der Waals surface area contributed by atoms with Crippen LogP contribution in [0.5, 0.6) is 0 Å². The van der Waals surface area contributed by atoms with Crippen LogP contribution in [0.25, 0.3) is 0 Å². The van der Waals surface area contributed by atoms with Crippen molar-refractivity contribution in [1.29, 1.82) is 0 Å². The van der Waals surface area contributed by atoms with Gasteiger partial charge in [0.05, 0.1) is 6.61 Å². The molecule has 100 valence electrons. The zero-order chi connectivity index (χ0) is 13.0. The lowest BCUT2D eigenvalue weighted by molar-refractivity contribution is 0.124. The van der Waals surface area contributed by atoms with Gasteiger partial charge in [0.2, 0.25) is 0 Å². The molecule has 0 unspecified atom stereocenters. The molecule has 0 amide bonds. The maximum atomic E-state index is 5.12. The molecular formula is C14H23N3O. The zero-order valence-corrected chi connectivity index (χ0v) is 11.3. The van der Waals surface area contributed by atoms with Gasteiger partial charge in [-0.1, -0.05) is 12.1 Å². The summed E-state index contributed by atoms with van der Waals surface area (Å²) < 4.78 is 0. The van der Waals surface area contributed by atoms with Gasteiger partial charge in [0.1, 0.15) is 0 Å². The molecule has 1 aromatic carbocycles. The van der Waals surface area contributed by atoms with Gasteiger partial charge in [0.25, 0.3) is 0 Å². The van der Waals surface area contributed by atoms with Gasteiger partial charge in [-0.2, -0.15) is 0 Å². The van der Waals surface area contributed by atoms with E-state index in [4.69, 9.17) is 10.7 Å². The van der Waals surface area contributed by atoms with Crippen molar-refractivity contribution in [2.24, 2.45) is 5.90 Å². The predicted molar refractivity (Wildman–Crippen MR) is 74.3 cm³/mol. The molecule has 1 fully saturated rings. The Hall–Kier alpha value is -1.10. The van der Waals surface area contributed by atoms with Crippen LogP contribution in [0, 0.1) is 0 Å². The summed E-state index contributed by atoms with van der Waals surface area (Å²) in [6.45, 7) is 9.43. The Kier molecular flexibility index (Phi) is 4.58. The second-order valence-electron chi connectivity index (χ2n) is 5.10. The highest BCUT2D eigenvalue weighted by atomic mass is 16.6. The van der Waals surface area contributed by atoms with Gasteiger partial charge >= 0.3 is 0 Å². The van der Waals surface area contributed by atoms with Crippen molar-refractivity contribution < 1.29 is 4.84 Å². The predicted octanol–water partition coefficient (Wildman–Crippen LogP) is 1.61. The van der Waals surface area contributed by atoms with Crippen molar-refractivity contribution >= 4 is 5.69 Å². The number of benzene rings is 1. The van der Waals surface area contributed by atoms with Gasteiger partial charge in [-0.25, -0.2) is 5.90 Å². The maximum Gasteiger partial charge on any atom is 0.0930 e. The molecule has 0 saturated carbocycles. The molecule has 1 saturated heterocycles. The van der Waals surface area contributed by atoms with Crippen LogP contribution in [-0.2, 0) is 11.4 Å². The van der Waals surface area contributed by atoms with E-state index in [0.717, 1.165) is 31.7 Å². The van der Waals surface area contributed by atoms with Crippen LogP contribution in [0.2, 0.25) is 0 Å². The Bertz CT molecular complexity index is 373. The lowest BCUT2D eigenvalue weighted by Gasteiger charge is -2.38. The highest BCUT2D eigenvalue weighted by Crippen LogP contribution is 2.19. The molecule has 1 heterocycles. The van der Waals surface area contributed by atoms with Crippen LogP contribution in [0.1, 0.15) is 19.4 Å². The quantitative estimate of drug-likeness (QED) is 0.823. The summed E-state index contributed by atoms with van der Waals surface area (Å²) in [5, 5.41) is 0. The van der Waals surface area contributed by atoms with E-state index in [2.05, 4.69) is 41.8 Å². The molecule has 2 N–H and O–H groups in total. The van der Waals surface area contributed by atoms with Crippen molar-refractivity contribution in [3.05, 3.63) is 29.8 Å². The average molecular weight is 249 g/mol. The fourth-order valence-electron chi connectivity index (χ4n) is 2.44. The Labute approximate surface area is 109 Å². The second kappa shape index (κ2) is 6.18. The first-order valence-electron chi connectivity index (χ1n) is 6.60. The molecule has 0 bridgehead atoms. The number of piperazine rings is 1. The molecule has 1 aliphatic heterocycles. The summed E-state index contributed by atoms with van der Waals surface area (Å²) in [5.41, 5.74) is 2.40. The molecule has 4 heteroatoms. The molecule has 4 nitrogen and oxygen atoms in total. The first-order chi connectivity index (χ1) is 8.70. The van der Waals surface area contributed by atoms with E-state index in [0.29, 0.717) is 12.6 Å². The highest BCUT2D eigenvalue weighted by molar-refractivity contribution is 5.49. The average Bonchev–Trinajstić information content (AvgIpc) is 2.39. The van der Waals surface area contributed by atoms with Crippen molar-refractivity contribution in [3.63, 3.8) is 0 Å². The van der Waals surface area contributed by atoms with Gasteiger partial charge in [0.15, 0.2) is 0 Å². The molecule has 2 rings (SSSR count). The monoisotopic (exact) mass is 249 g/mol. The zero-order valence-electron chi connectivity index (χ0n) is 11.3. The van der Waals surface area contributed by atoms with Gasteiger partial charge < -0.3 is 4.90 Å². The van der Waals surface area contributed by atoms with Crippen LogP contribution >= 0.6 is 0 Å². The summed E-state index contributed by atoms with van der Waals surface area (Å²) in [5.74, 6) is 5.12. The molecule has 0 atom stereocenters. The Morgan fingerprint density at radius 2 is 1.94 bits per heavy atom. The van der Waals surface area contributed by atoms with Crippen molar-refractivity contribution in [2.45, 2.75) is 26.5 Å². The lowest BCUT2D eigenvalue weighted by Crippen LogP contribution is -2.48. The summed E-state index contributed by atoms with van der Waals surface area (Å²) in [6.07, 6.45) is 0. The minimum absolute atomic E-state index is 0.472. The highest BCUT2D eigenvalue weighted by Gasteiger charge is 2.18. The molecule has 1 aliphatic rings. The Morgan fingerprint density at radius 1 is 1.22 bits per heavy atom. The Morgan fingerprint density at radius 3 is 2.56 bits per heavy atom. The van der Waals surface area contributed by atoms with Crippen molar-refractivity contribution in [1.82, 2.24) is 4.90 Å². The molecule has 0 aromatic heterocycles. The van der Waals surface area contributed by atoms with Crippen LogP contribution in [-0.4, -0.2) is 37.1 Å². The third kappa shape index (κ3) is 3.22. The largest absolute Gasteiger partial charge is 0.369 e. The molecule has 1 aromatic rings. The SMILES string of the molecule is CC(C)N1CCN(c2cccc(CON)c2)CC1. The summed E-state index contributed by atoms with van der Waals surface area (Å²) >= 11 is 0. The minimum atomic E-state index is 0.472. The molecule has 0 spiro atoms. The lowest BCUT2D eigenvalue weighted by atomic mass is 10.1. The van der Waals surface area contributed by atoms with E-state index in [1.54, 1.807) is 0 Å². The van der Waals surface area contributed by atoms with Crippen LogP contribution < -0.4 is 10.8 Å². The second-order valence-corrected chi connectivity index (χ2v) is 5.10. The fourth-order valence-corrected chi connectivity index (χ4v) is 2.44. The molecular weight excluding hydrogens is 226 g/mol. The fraction of sp³-hybridized carbons (Fsp3) is 0.571. The van der Waals surface area contributed by atoms with E-state index in [1.165, 1.54) is 5.69 Å². The number of nitrogens with two attached hydrogens (primary N) is 1. The third-order valence-electron chi connectivity index (χ3n) is 3.57. The van der Waals surface area contributed by atoms with E-state index < -0.39 is 0 Å². The molecule has 0 radical (unpaired) electrons. The first kappa shape index (κ1) is 13.3. The van der Waals surface area contributed by atoms with Crippen LogP contribution in [0.4, 0.5) is 5.69 Å². The topological polar surface area (TPSA) is 41.7 Å². The molecule has 18 heavy (non-hydrogen) atoms. The van der Waals surface area contributed by atoms with E-state index in [1.807, 2.05) is 6.07 Å². The Balaban J connectivity index is 1.98. The van der Waals surface area contributed by atoms with Gasteiger partial charge in [-0.15, -0.1) is 0 Å². The van der Waals surface area contributed by atoms with Gasteiger partial charge in [0, 0.05) is 37.9 Å². The van der Waals surface area contributed by atoms with Crippen molar-refractivity contribution in [3.8, 4) is 0 Å². The van der Waals surface area contributed by atoms with Gasteiger partial charge in [-0.05, 0) is 31.5 Å². The van der Waals surface area contributed by atoms with Crippen molar-refractivity contribution in [2.75, 3.05) is 31.1 Å². The summed E-state index contributed by atoms with van der Waals surface area (Å²) in [7, 11) is 0. The maximum absolute atomic E-state index is 5.12. The summed E-state index contributed by atoms with van der Waals surface area (Å²) in [4.78, 5) is 9.64. The van der Waals surface area contributed by atoms with Crippen LogP contribution in [0.3, 0.4) is 0 Å². The normalized spacial score (nSPS) is 17.4. The number of nitrogens with zero attached hydrogens (tertiary/aromatic N) is 2. The van der Waals surface area contributed by atoms with Gasteiger partial charge in [-0.3, -0.25) is 9.74 Å². The molecule has 0 aliphatic carbocycles. The number of rotatable bonds is 4. The van der Waals surface area contributed by atoms with E-state index in [-0.39, 0.29) is 0 Å². The van der Waals surface area contributed by atoms with E-state index in [9.17, 15) is 0 Å². The first-order valence-corrected chi connectivity index (χ1v) is 6.60. The summed E-state index contributed by atoms with van der Waals surface area (Å²) in [6, 6.07) is 9.08. The smallest absolute Gasteiger partial charge is 0.0930 e. The minimum Gasteiger partial charge on any atom is -0.369 e. The number of hydrogen-bond acceptors (Lipinski definition) is 4. The van der Waals surface area contributed by atoms with Crippen LogP contribution in [0.15, 0.2) is 24.3 Å². The third-order valence-corrected chi connectivity index (χ3v) is 3.57. The number of hydrogen-bond donors (Lipinski definition) is 1. The van der Waals surface area contributed by atoms with E-state index >= 15 is 0 Å². The number of anilines is 1.